The van der Waals surface area contributed by atoms with E-state index in [9.17, 15) is 26.4 Å². The number of amides is 2. The van der Waals surface area contributed by atoms with Crippen molar-refractivity contribution in [3.05, 3.63) is 59.7 Å². The van der Waals surface area contributed by atoms with Crippen molar-refractivity contribution in [1.29, 1.82) is 0 Å². The maximum atomic E-state index is 12.5. The first-order chi connectivity index (χ1) is 14.9. The van der Waals surface area contributed by atoms with Gasteiger partial charge in [-0.05, 0) is 49.4 Å². The van der Waals surface area contributed by atoms with Crippen molar-refractivity contribution in [3.8, 4) is 0 Å². The summed E-state index contributed by atoms with van der Waals surface area (Å²) in [4.78, 5) is 23.4. The van der Waals surface area contributed by atoms with Gasteiger partial charge in [0.25, 0.3) is 0 Å². The van der Waals surface area contributed by atoms with E-state index in [0.29, 0.717) is 16.8 Å². The van der Waals surface area contributed by atoms with Gasteiger partial charge in [-0.1, -0.05) is 24.3 Å². The second-order valence-electron chi connectivity index (χ2n) is 7.00. The lowest BCUT2D eigenvalue weighted by Gasteiger charge is -2.16. The molecule has 0 saturated carbocycles. The lowest BCUT2D eigenvalue weighted by Crippen LogP contribution is -2.44. The van der Waals surface area contributed by atoms with Crippen LogP contribution in [0, 0.1) is 0 Å². The van der Waals surface area contributed by atoms with Gasteiger partial charge in [-0.2, -0.15) is 4.72 Å². The lowest BCUT2D eigenvalue weighted by molar-refractivity contribution is -0.122. The van der Waals surface area contributed by atoms with Gasteiger partial charge in [-0.25, -0.2) is 21.6 Å². The summed E-state index contributed by atoms with van der Waals surface area (Å²) in [5.74, 6) is -1.10. The van der Waals surface area contributed by atoms with E-state index >= 15 is 0 Å². The standard InChI is InChI=1S/C20H26N4O6S2/c1-14(24-32(29,30)19-10-8-18(9-11-19)23-15(2)25)20(26)22-12-16-6-4-5-7-17(16)13-31(27,28)21-3/h4-11,14,21,24H,12-13H2,1-3H3,(H,22,26)(H,23,25)/t14-/m0/s1. The van der Waals surface area contributed by atoms with Crippen LogP contribution in [0.1, 0.15) is 25.0 Å². The van der Waals surface area contributed by atoms with Crippen LogP contribution in [0.3, 0.4) is 0 Å². The van der Waals surface area contributed by atoms with Crippen LogP contribution in [0.15, 0.2) is 53.4 Å². The fourth-order valence-electron chi connectivity index (χ4n) is 2.76. The molecule has 0 heterocycles. The summed E-state index contributed by atoms with van der Waals surface area (Å²) in [5.41, 5.74) is 1.57. The predicted octanol–water partition coefficient (Wildman–Crippen LogP) is 0.677. The first-order valence-corrected chi connectivity index (χ1v) is 12.7. The third-order valence-corrected chi connectivity index (χ3v) is 7.31. The number of carbonyl (C=O) groups is 2. The van der Waals surface area contributed by atoms with Crippen LogP contribution in [0.2, 0.25) is 0 Å². The number of hydrogen-bond acceptors (Lipinski definition) is 6. The molecule has 2 amide bonds. The van der Waals surface area contributed by atoms with Gasteiger partial charge in [-0.15, -0.1) is 0 Å². The molecule has 1 atom stereocenters. The topological polar surface area (TPSA) is 151 Å². The highest BCUT2D eigenvalue weighted by atomic mass is 32.2. The zero-order valence-corrected chi connectivity index (χ0v) is 19.5. The van der Waals surface area contributed by atoms with Crippen LogP contribution in [0.25, 0.3) is 0 Å². The highest BCUT2D eigenvalue weighted by Crippen LogP contribution is 2.15. The van der Waals surface area contributed by atoms with Crippen LogP contribution in [0.5, 0.6) is 0 Å². The number of sulfonamides is 2. The molecule has 0 saturated heterocycles. The van der Waals surface area contributed by atoms with Gasteiger partial charge < -0.3 is 10.6 Å². The van der Waals surface area contributed by atoms with Gasteiger partial charge in [0.15, 0.2) is 0 Å². The summed E-state index contributed by atoms with van der Waals surface area (Å²) < 4.78 is 53.3. The van der Waals surface area contributed by atoms with Crippen molar-refractivity contribution in [3.63, 3.8) is 0 Å². The van der Waals surface area contributed by atoms with Crippen molar-refractivity contribution in [2.75, 3.05) is 12.4 Å². The highest BCUT2D eigenvalue weighted by molar-refractivity contribution is 7.89. The van der Waals surface area contributed by atoms with Gasteiger partial charge in [0.1, 0.15) is 0 Å². The van der Waals surface area contributed by atoms with Crippen molar-refractivity contribution in [1.82, 2.24) is 14.8 Å². The second-order valence-corrected chi connectivity index (χ2v) is 10.6. The quantitative estimate of drug-likeness (QED) is 0.391. The van der Waals surface area contributed by atoms with E-state index < -0.39 is 32.0 Å². The molecule has 10 nitrogen and oxygen atoms in total. The van der Waals surface area contributed by atoms with E-state index in [2.05, 4.69) is 20.1 Å². The molecule has 0 aliphatic rings. The molecule has 0 aromatic heterocycles. The summed E-state index contributed by atoms with van der Waals surface area (Å²) in [6, 6.07) is 11.2. The van der Waals surface area contributed by atoms with Gasteiger partial charge in [0.05, 0.1) is 16.7 Å². The molecular weight excluding hydrogens is 456 g/mol. The summed E-state index contributed by atoms with van der Waals surface area (Å²) in [5, 5.41) is 5.16. The van der Waals surface area contributed by atoms with Gasteiger partial charge >= 0.3 is 0 Å². The largest absolute Gasteiger partial charge is 0.351 e. The molecule has 0 aliphatic carbocycles. The fraction of sp³-hybridized carbons (Fsp3) is 0.300. The molecule has 0 radical (unpaired) electrons. The van der Waals surface area contributed by atoms with Crippen LogP contribution < -0.4 is 20.1 Å². The van der Waals surface area contributed by atoms with Crippen molar-refractivity contribution < 1.29 is 26.4 Å². The summed E-state index contributed by atoms with van der Waals surface area (Å²) in [7, 11) is -6.15. The minimum absolute atomic E-state index is 0.0335. The first kappa shape index (κ1) is 25.5. The SMILES string of the molecule is CNS(=O)(=O)Cc1ccccc1CNC(=O)[C@H](C)NS(=O)(=O)c1ccc(NC(C)=O)cc1. The van der Waals surface area contributed by atoms with Gasteiger partial charge in [0, 0.05) is 19.2 Å². The van der Waals surface area contributed by atoms with E-state index in [1.165, 1.54) is 45.2 Å². The Morgan fingerprint density at radius 1 is 0.938 bits per heavy atom. The number of carbonyl (C=O) groups excluding carboxylic acids is 2. The fourth-order valence-corrected chi connectivity index (χ4v) is 4.80. The van der Waals surface area contributed by atoms with Crippen LogP contribution in [-0.4, -0.2) is 41.7 Å². The smallest absolute Gasteiger partial charge is 0.241 e. The van der Waals surface area contributed by atoms with E-state index in [1.807, 2.05) is 0 Å². The van der Waals surface area contributed by atoms with E-state index in [1.54, 1.807) is 24.3 Å². The number of rotatable bonds is 10. The summed E-state index contributed by atoms with van der Waals surface area (Å²) >= 11 is 0. The van der Waals surface area contributed by atoms with E-state index in [4.69, 9.17) is 0 Å². The molecule has 0 bridgehead atoms. The first-order valence-electron chi connectivity index (χ1n) is 9.59. The average molecular weight is 483 g/mol. The maximum Gasteiger partial charge on any atom is 0.241 e. The third-order valence-electron chi connectivity index (χ3n) is 4.44. The van der Waals surface area contributed by atoms with Gasteiger partial charge in [-0.3, -0.25) is 9.59 Å². The Morgan fingerprint density at radius 2 is 1.53 bits per heavy atom. The molecule has 2 rings (SSSR count). The van der Waals surface area contributed by atoms with E-state index in [-0.39, 0.29) is 23.1 Å². The molecule has 0 spiro atoms. The highest BCUT2D eigenvalue weighted by Gasteiger charge is 2.22. The predicted molar refractivity (Wildman–Crippen MR) is 121 cm³/mol. The zero-order valence-electron chi connectivity index (χ0n) is 17.9. The second kappa shape index (κ2) is 10.7. The Morgan fingerprint density at radius 3 is 2.09 bits per heavy atom. The molecule has 0 unspecified atom stereocenters. The minimum Gasteiger partial charge on any atom is -0.351 e. The number of benzene rings is 2. The monoisotopic (exact) mass is 482 g/mol. The molecule has 12 heteroatoms. The molecule has 4 N–H and O–H groups in total. The van der Waals surface area contributed by atoms with E-state index in [0.717, 1.165) is 0 Å². The van der Waals surface area contributed by atoms with Crippen LogP contribution in [-0.2, 0) is 41.9 Å². The third kappa shape index (κ3) is 7.41. The average Bonchev–Trinajstić information content (AvgIpc) is 2.72. The molecule has 32 heavy (non-hydrogen) atoms. The molecule has 0 aliphatic heterocycles. The van der Waals surface area contributed by atoms with Gasteiger partial charge in [0.2, 0.25) is 31.9 Å². The Labute approximate surface area is 187 Å². The molecular formula is C20H26N4O6S2. The lowest BCUT2D eigenvalue weighted by atomic mass is 10.1. The number of nitrogens with one attached hydrogen (secondary N) is 4. The molecule has 2 aromatic carbocycles. The maximum absolute atomic E-state index is 12.5. The minimum atomic E-state index is -3.98. The number of anilines is 1. The molecule has 0 fully saturated rings. The summed E-state index contributed by atoms with van der Waals surface area (Å²) in [6.07, 6.45) is 0. The number of hydrogen-bond donors (Lipinski definition) is 4. The van der Waals surface area contributed by atoms with Crippen molar-refractivity contribution >= 4 is 37.5 Å². The van der Waals surface area contributed by atoms with Crippen molar-refractivity contribution in [2.45, 2.75) is 37.1 Å². The molecule has 2 aromatic rings. The van der Waals surface area contributed by atoms with Crippen LogP contribution in [0.4, 0.5) is 5.69 Å². The summed E-state index contributed by atoms with van der Waals surface area (Å²) in [6.45, 7) is 2.77. The Bertz CT molecular complexity index is 1180. The zero-order chi connectivity index (χ0) is 23.9. The normalized spacial score (nSPS) is 12.7. The Hall–Kier alpha value is -2.80. The Balaban J connectivity index is 2.02. The van der Waals surface area contributed by atoms with Crippen LogP contribution >= 0.6 is 0 Å². The Kier molecular flexibility index (Phi) is 8.50. The van der Waals surface area contributed by atoms with Crippen molar-refractivity contribution in [2.24, 2.45) is 0 Å². The molecule has 174 valence electrons.